The number of nitrogens with zero attached hydrogens (tertiary/aromatic N) is 2. The highest BCUT2D eigenvalue weighted by molar-refractivity contribution is 5.69. The molecule has 2 heterocycles. The van der Waals surface area contributed by atoms with Crippen molar-refractivity contribution in [2.45, 2.75) is 50.6 Å². The number of aromatic nitrogens is 1. The van der Waals surface area contributed by atoms with E-state index in [4.69, 9.17) is 9.47 Å². The van der Waals surface area contributed by atoms with Crippen LogP contribution in [-0.2, 0) is 13.6 Å². The maximum atomic E-state index is 14.2. The first-order valence-electron chi connectivity index (χ1n) is 12.8. The molecule has 0 unspecified atom stereocenters. The summed E-state index contributed by atoms with van der Waals surface area (Å²) >= 11 is 0. The van der Waals surface area contributed by atoms with Gasteiger partial charge in [0.1, 0.15) is 0 Å². The van der Waals surface area contributed by atoms with Gasteiger partial charge in [-0.2, -0.15) is 0 Å². The van der Waals surface area contributed by atoms with Crippen molar-refractivity contribution >= 4 is 5.69 Å². The predicted molar refractivity (Wildman–Crippen MR) is 139 cm³/mol. The molecule has 2 fully saturated rings. The van der Waals surface area contributed by atoms with Crippen LogP contribution in [0.5, 0.6) is 11.5 Å². The van der Waals surface area contributed by atoms with Gasteiger partial charge in [-0.1, -0.05) is 6.42 Å². The molecular weight excluding hydrogens is 460 g/mol. The summed E-state index contributed by atoms with van der Waals surface area (Å²) in [5.74, 6) is 0.446. The molecule has 0 atom stereocenters. The van der Waals surface area contributed by atoms with E-state index in [-0.39, 0.29) is 6.04 Å². The second-order valence-electron chi connectivity index (χ2n) is 9.98. The normalized spacial score (nSPS) is 16.6. The molecule has 192 valence electrons. The number of piperidine rings is 1. The fraction of sp³-hybridized carbons (Fsp3) is 0.448. The van der Waals surface area contributed by atoms with Crippen molar-refractivity contribution in [2.24, 2.45) is 7.05 Å². The second-order valence-corrected chi connectivity index (χ2v) is 9.98. The summed E-state index contributed by atoms with van der Waals surface area (Å²) in [4.78, 5) is 2.22. The van der Waals surface area contributed by atoms with Crippen LogP contribution in [0.4, 0.5) is 14.5 Å². The Labute approximate surface area is 212 Å². The van der Waals surface area contributed by atoms with Crippen LogP contribution in [-0.4, -0.2) is 37.9 Å². The minimum atomic E-state index is -0.818. The topological polar surface area (TPSA) is 38.7 Å². The van der Waals surface area contributed by atoms with Gasteiger partial charge >= 0.3 is 0 Å². The van der Waals surface area contributed by atoms with Gasteiger partial charge in [-0.25, -0.2) is 8.78 Å². The van der Waals surface area contributed by atoms with E-state index in [1.54, 1.807) is 20.3 Å². The third-order valence-corrected chi connectivity index (χ3v) is 7.75. The molecule has 0 bridgehead atoms. The number of rotatable bonds is 8. The van der Waals surface area contributed by atoms with Gasteiger partial charge in [0.15, 0.2) is 23.1 Å². The summed E-state index contributed by atoms with van der Waals surface area (Å²) in [5.41, 5.74) is 5.21. The molecule has 7 heteroatoms. The first-order valence-corrected chi connectivity index (χ1v) is 12.8. The van der Waals surface area contributed by atoms with Crippen molar-refractivity contribution in [1.82, 2.24) is 9.88 Å². The van der Waals surface area contributed by atoms with Gasteiger partial charge in [-0.3, -0.25) is 0 Å². The molecule has 2 aromatic carbocycles. The van der Waals surface area contributed by atoms with Crippen molar-refractivity contribution in [3.05, 3.63) is 65.4 Å². The number of hydrogen-bond donors (Lipinski definition) is 1. The molecule has 0 radical (unpaired) electrons. The fourth-order valence-corrected chi connectivity index (χ4v) is 5.58. The number of benzene rings is 2. The molecule has 36 heavy (non-hydrogen) atoms. The zero-order chi connectivity index (χ0) is 25.2. The number of halogens is 2. The minimum Gasteiger partial charge on any atom is -0.493 e. The van der Waals surface area contributed by atoms with Crippen LogP contribution in [0.1, 0.15) is 49.1 Å². The first kappa shape index (κ1) is 24.6. The highest BCUT2D eigenvalue weighted by Crippen LogP contribution is 2.46. The number of anilines is 1. The van der Waals surface area contributed by atoms with Crippen molar-refractivity contribution in [2.75, 3.05) is 32.2 Å². The predicted octanol–water partition coefficient (Wildman–Crippen LogP) is 6.01. The monoisotopic (exact) mass is 495 g/mol. The molecule has 5 rings (SSSR count). The Morgan fingerprint density at radius 3 is 2.39 bits per heavy atom. The van der Waals surface area contributed by atoms with Crippen molar-refractivity contribution in [1.29, 1.82) is 0 Å². The Balaban J connectivity index is 1.49. The van der Waals surface area contributed by atoms with Crippen molar-refractivity contribution in [3.63, 3.8) is 0 Å². The lowest BCUT2D eigenvalue weighted by Gasteiger charge is -2.36. The average Bonchev–Trinajstić information content (AvgIpc) is 3.23. The molecule has 1 aliphatic heterocycles. The van der Waals surface area contributed by atoms with E-state index in [9.17, 15) is 8.78 Å². The molecule has 5 nitrogen and oxygen atoms in total. The van der Waals surface area contributed by atoms with Gasteiger partial charge in [-0.15, -0.1) is 0 Å². The molecule has 1 aliphatic carbocycles. The quantitative estimate of drug-likeness (QED) is 0.415. The summed E-state index contributed by atoms with van der Waals surface area (Å²) in [7, 11) is 5.43. The van der Waals surface area contributed by atoms with Crippen LogP contribution in [0.25, 0.3) is 11.3 Å². The van der Waals surface area contributed by atoms with Crippen molar-refractivity contribution < 1.29 is 18.3 Å². The number of aryl methyl sites for hydroxylation is 1. The SMILES string of the molecule is COc1cc(-c2cc(CN(c3ccc(F)c(F)c3)C3CCNCC3)cn2C)cc(C2CCC2)c1OC. The summed E-state index contributed by atoms with van der Waals surface area (Å²) in [6, 6.07) is 11.0. The third kappa shape index (κ3) is 4.81. The molecule has 3 aromatic rings. The lowest BCUT2D eigenvalue weighted by atomic mass is 9.79. The Morgan fingerprint density at radius 1 is 0.972 bits per heavy atom. The number of nitrogens with one attached hydrogen (secondary N) is 1. The number of methoxy groups -OCH3 is 2. The molecule has 0 spiro atoms. The van der Waals surface area contributed by atoms with Gasteiger partial charge in [0.2, 0.25) is 0 Å². The number of hydrogen-bond acceptors (Lipinski definition) is 4. The van der Waals surface area contributed by atoms with Gasteiger partial charge in [0.05, 0.1) is 14.2 Å². The molecule has 0 amide bonds. The maximum absolute atomic E-state index is 14.2. The molecule has 2 aliphatic rings. The molecule has 1 aromatic heterocycles. The third-order valence-electron chi connectivity index (χ3n) is 7.75. The lowest BCUT2D eigenvalue weighted by Crippen LogP contribution is -2.43. The van der Waals surface area contributed by atoms with Crippen LogP contribution in [0.2, 0.25) is 0 Å². The summed E-state index contributed by atoms with van der Waals surface area (Å²) in [6.07, 6.45) is 7.62. The van der Waals surface area contributed by atoms with E-state index in [2.05, 4.69) is 33.1 Å². The number of ether oxygens (including phenoxy) is 2. The fourth-order valence-electron chi connectivity index (χ4n) is 5.58. The van der Waals surface area contributed by atoms with E-state index < -0.39 is 11.6 Å². The van der Waals surface area contributed by atoms with E-state index in [0.717, 1.165) is 54.3 Å². The summed E-state index contributed by atoms with van der Waals surface area (Å²) < 4.78 is 41.4. The average molecular weight is 496 g/mol. The summed E-state index contributed by atoms with van der Waals surface area (Å²) in [6.45, 7) is 2.45. The first-order chi connectivity index (χ1) is 17.5. The molecular formula is C29H35F2N3O2. The van der Waals surface area contributed by atoms with E-state index in [1.165, 1.54) is 37.0 Å². The maximum Gasteiger partial charge on any atom is 0.164 e. The minimum absolute atomic E-state index is 0.256. The summed E-state index contributed by atoms with van der Waals surface area (Å²) in [5, 5.41) is 3.40. The lowest BCUT2D eigenvalue weighted by molar-refractivity contribution is 0.337. The second kappa shape index (κ2) is 10.5. The van der Waals surface area contributed by atoms with Gasteiger partial charge < -0.3 is 24.3 Å². The largest absolute Gasteiger partial charge is 0.493 e. The van der Waals surface area contributed by atoms with Crippen LogP contribution in [0, 0.1) is 11.6 Å². The zero-order valence-electron chi connectivity index (χ0n) is 21.3. The Morgan fingerprint density at radius 2 is 1.75 bits per heavy atom. The van der Waals surface area contributed by atoms with E-state index in [0.29, 0.717) is 18.2 Å². The van der Waals surface area contributed by atoms with Crippen LogP contribution < -0.4 is 19.7 Å². The van der Waals surface area contributed by atoms with Crippen LogP contribution in [0.3, 0.4) is 0 Å². The smallest absolute Gasteiger partial charge is 0.164 e. The van der Waals surface area contributed by atoms with Gasteiger partial charge in [0, 0.05) is 54.4 Å². The van der Waals surface area contributed by atoms with Gasteiger partial charge in [-0.05, 0) is 80.6 Å². The van der Waals surface area contributed by atoms with Crippen LogP contribution >= 0.6 is 0 Å². The molecule has 1 N–H and O–H groups in total. The van der Waals surface area contributed by atoms with Crippen molar-refractivity contribution in [3.8, 4) is 22.8 Å². The Bertz CT molecular complexity index is 1220. The standard InChI is InChI=1S/C29H35F2N3O2/c1-33-17-19(18-34(22-9-11-32-12-10-22)23-7-8-25(30)26(31)16-23)13-27(33)21-14-24(20-5-4-6-20)29(36-3)28(15-21)35-2/h7-8,13-17,20,22,32H,4-6,9-12,18H2,1-3H3. The Kier molecular flexibility index (Phi) is 7.19. The van der Waals surface area contributed by atoms with E-state index in [1.807, 2.05) is 13.1 Å². The molecule has 1 saturated heterocycles. The highest BCUT2D eigenvalue weighted by Gasteiger charge is 2.27. The highest BCUT2D eigenvalue weighted by atomic mass is 19.2. The van der Waals surface area contributed by atoms with Gasteiger partial charge in [0.25, 0.3) is 0 Å². The molecule has 1 saturated carbocycles. The zero-order valence-corrected chi connectivity index (χ0v) is 21.3. The van der Waals surface area contributed by atoms with E-state index >= 15 is 0 Å². The van der Waals surface area contributed by atoms with Crippen LogP contribution in [0.15, 0.2) is 42.6 Å². The Hall–Kier alpha value is -3.06.